The Kier molecular flexibility index (Phi) is 3.30. The van der Waals surface area contributed by atoms with Gasteiger partial charge in [0.15, 0.2) is 0 Å². The van der Waals surface area contributed by atoms with Gasteiger partial charge in [-0.3, -0.25) is 10.1 Å². The van der Waals surface area contributed by atoms with Gasteiger partial charge in [0.1, 0.15) is 0 Å². The molecule has 0 saturated heterocycles. The van der Waals surface area contributed by atoms with Crippen LogP contribution in [-0.2, 0) is 12.8 Å². The van der Waals surface area contributed by atoms with Crippen LogP contribution in [0, 0.1) is 12.8 Å². The summed E-state index contributed by atoms with van der Waals surface area (Å²) < 4.78 is 5.31. The third kappa shape index (κ3) is 2.46. The van der Waals surface area contributed by atoms with Crippen LogP contribution >= 0.6 is 0 Å². The van der Waals surface area contributed by atoms with Crippen LogP contribution in [0.4, 0.5) is 5.88 Å². The SMILES string of the molecule is Cc1cccc(C(=O)Nc2onc3c2C[C@H](C)CC3)c1. The summed E-state index contributed by atoms with van der Waals surface area (Å²) >= 11 is 0. The molecule has 2 aromatic rings. The number of nitrogens with zero attached hydrogens (tertiary/aromatic N) is 1. The second kappa shape index (κ2) is 5.12. The van der Waals surface area contributed by atoms with Gasteiger partial charge in [-0.05, 0) is 44.2 Å². The van der Waals surface area contributed by atoms with Crippen molar-refractivity contribution in [3.05, 3.63) is 46.6 Å². The van der Waals surface area contributed by atoms with Crippen LogP contribution in [0.3, 0.4) is 0 Å². The van der Waals surface area contributed by atoms with E-state index in [0.29, 0.717) is 17.4 Å². The summed E-state index contributed by atoms with van der Waals surface area (Å²) in [5, 5.41) is 6.91. The Morgan fingerprint density at radius 3 is 3.10 bits per heavy atom. The van der Waals surface area contributed by atoms with Crippen LogP contribution < -0.4 is 5.32 Å². The van der Waals surface area contributed by atoms with Crippen LogP contribution in [0.15, 0.2) is 28.8 Å². The smallest absolute Gasteiger partial charge is 0.258 e. The van der Waals surface area contributed by atoms with E-state index < -0.39 is 0 Å². The van der Waals surface area contributed by atoms with Crippen LogP contribution in [0.2, 0.25) is 0 Å². The summed E-state index contributed by atoms with van der Waals surface area (Å²) in [6.45, 7) is 4.18. The average molecular weight is 270 g/mol. The minimum Gasteiger partial charge on any atom is -0.338 e. The molecule has 4 nitrogen and oxygen atoms in total. The molecule has 0 aliphatic heterocycles. The van der Waals surface area contributed by atoms with Gasteiger partial charge in [-0.1, -0.05) is 29.8 Å². The highest BCUT2D eigenvalue weighted by molar-refractivity contribution is 6.04. The number of aromatic nitrogens is 1. The normalized spacial score (nSPS) is 17.6. The number of fused-ring (bicyclic) bond motifs is 1. The fourth-order valence-electron chi connectivity index (χ4n) is 2.64. The van der Waals surface area contributed by atoms with Gasteiger partial charge in [-0.2, -0.15) is 0 Å². The topological polar surface area (TPSA) is 55.1 Å². The van der Waals surface area contributed by atoms with Crippen molar-refractivity contribution in [2.45, 2.75) is 33.1 Å². The van der Waals surface area contributed by atoms with Crippen molar-refractivity contribution in [3.8, 4) is 0 Å². The highest BCUT2D eigenvalue weighted by Crippen LogP contribution is 2.30. The fourth-order valence-corrected chi connectivity index (χ4v) is 2.64. The number of hydrogen-bond donors (Lipinski definition) is 1. The van der Waals surface area contributed by atoms with E-state index >= 15 is 0 Å². The Morgan fingerprint density at radius 2 is 2.30 bits per heavy atom. The largest absolute Gasteiger partial charge is 0.338 e. The standard InChI is InChI=1S/C16H18N2O2/c1-10-4-3-5-12(8-10)15(19)17-16-13-9-11(2)6-7-14(13)18-20-16/h3-5,8,11H,6-7,9H2,1-2H3,(H,17,19)/t11-/m1/s1. The van der Waals surface area contributed by atoms with Crippen molar-refractivity contribution in [3.63, 3.8) is 0 Å². The zero-order valence-electron chi connectivity index (χ0n) is 11.8. The van der Waals surface area contributed by atoms with Crippen LogP contribution in [0.5, 0.6) is 0 Å². The molecule has 1 aliphatic rings. The number of carbonyl (C=O) groups is 1. The van der Waals surface area contributed by atoms with E-state index in [-0.39, 0.29) is 5.91 Å². The molecule has 1 N–H and O–H groups in total. The Morgan fingerprint density at radius 1 is 1.45 bits per heavy atom. The van der Waals surface area contributed by atoms with Crippen LogP contribution in [-0.4, -0.2) is 11.1 Å². The van der Waals surface area contributed by atoms with Crippen molar-refractivity contribution < 1.29 is 9.32 Å². The lowest BCUT2D eigenvalue weighted by atomic mass is 9.89. The van der Waals surface area contributed by atoms with Crippen molar-refractivity contribution >= 4 is 11.8 Å². The summed E-state index contributed by atoms with van der Waals surface area (Å²) in [6.07, 6.45) is 2.98. The summed E-state index contributed by atoms with van der Waals surface area (Å²) in [6, 6.07) is 7.51. The van der Waals surface area contributed by atoms with E-state index in [1.54, 1.807) is 6.07 Å². The second-order valence-corrected chi connectivity index (χ2v) is 5.61. The van der Waals surface area contributed by atoms with Crippen molar-refractivity contribution in [1.29, 1.82) is 0 Å². The van der Waals surface area contributed by atoms with Gasteiger partial charge < -0.3 is 4.52 Å². The lowest BCUT2D eigenvalue weighted by Gasteiger charge is -2.16. The second-order valence-electron chi connectivity index (χ2n) is 5.61. The maximum absolute atomic E-state index is 12.2. The van der Waals surface area contributed by atoms with Gasteiger partial charge in [-0.15, -0.1) is 0 Å². The first-order valence-electron chi connectivity index (χ1n) is 6.99. The molecule has 1 heterocycles. The van der Waals surface area contributed by atoms with Crippen molar-refractivity contribution in [2.75, 3.05) is 5.32 Å². The molecule has 3 rings (SSSR count). The third-order valence-corrected chi connectivity index (χ3v) is 3.80. The molecule has 0 bridgehead atoms. The number of aryl methyl sites for hydroxylation is 2. The molecular formula is C16H18N2O2. The van der Waals surface area contributed by atoms with E-state index in [1.807, 2.05) is 25.1 Å². The summed E-state index contributed by atoms with van der Waals surface area (Å²) in [5.41, 5.74) is 3.75. The van der Waals surface area contributed by atoms with Crippen molar-refractivity contribution in [2.24, 2.45) is 5.92 Å². The maximum atomic E-state index is 12.2. The zero-order chi connectivity index (χ0) is 14.1. The molecule has 0 fully saturated rings. The number of anilines is 1. The number of benzene rings is 1. The van der Waals surface area contributed by atoms with E-state index in [1.165, 1.54) is 0 Å². The van der Waals surface area contributed by atoms with Gasteiger partial charge in [0.2, 0.25) is 5.88 Å². The minimum atomic E-state index is -0.147. The molecule has 1 amide bonds. The lowest BCUT2D eigenvalue weighted by Crippen LogP contribution is -2.15. The predicted molar refractivity (Wildman–Crippen MR) is 76.8 cm³/mol. The molecule has 4 heteroatoms. The highest BCUT2D eigenvalue weighted by Gasteiger charge is 2.24. The summed E-state index contributed by atoms with van der Waals surface area (Å²) in [7, 11) is 0. The van der Waals surface area contributed by atoms with Gasteiger partial charge in [0.25, 0.3) is 5.91 Å². The molecule has 0 radical (unpaired) electrons. The molecule has 0 spiro atoms. The van der Waals surface area contributed by atoms with E-state index in [2.05, 4.69) is 17.4 Å². The Balaban J connectivity index is 1.82. The zero-order valence-corrected chi connectivity index (χ0v) is 11.8. The average Bonchev–Trinajstić information content (AvgIpc) is 2.81. The summed E-state index contributed by atoms with van der Waals surface area (Å²) in [4.78, 5) is 12.2. The molecule has 0 unspecified atom stereocenters. The Bertz CT molecular complexity index is 646. The summed E-state index contributed by atoms with van der Waals surface area (Å²) in [5.74, 6) is 0.973. The molecule has 20 heavy (non-hydrogen) atoms. The number of rotatable bonds is 2. The van der Waals surface area contributed by atoms with E-state index in [0.717, 1.165) is 36.1 Å². The third-order valence-electron chi connectivity index (χ3n) is 3.80. The molecule has 104 valence electrons. The van der Waals surface area contributed by atoms with Crippen LogP contribution in [0.25, 0.3) is 0 Å². The number of nitrogens with one attached hydrogen (secondary N) is 1. The predicted octanol–water partition coefficient (Wildman–Crippen LogP) is 3.36. The first kappa shape index (κ1) is 12.9. The highest BCUT2D eigenvalue weighted by atomic mass is 16.5. The van der Waals surface area contributed by atoms with Gasteiger partial charge >= 0.3 is 0 Å². The molecule has 1 aliphatic carbocycles. The Labute approximate surface area is 118 Å². The lowest BCUT2D eigenvalue weighted by molar-refractivity contribution is 0.102. The van der Waals surface area contributed by atoms with Crippen molar-refractivity contribution in [1.82, 2.24) is 5.16 Å². The molecule has 1 atom stereocenters. The van der Waals surface area contributed by atoms with Gasteiger partial charge in [0, 0.05) is 11.1 Å². The quantitative estimate of drug-likeness (QED) is 0.910. The van der Waals surface area contributed by atoms with Gasteiger partial charge in [-0.25, -0.2) is 0 Å². The molecule has 1 aromatic heterocycles. The molecule has 0 saturated carbocycles. The number of carbonyl (C=O) groups excluding carboxylic acids is 1. The monoisotopic (exact) mass is 270 g/mol. The minimum absolute atomic E-state index is 0.147. The fraction of sp³-hybridized carbons (Fsp3) is 0.375. The number of amides is 1. The maximum Gasteiger partial charge on any atom is 0.258 e. The molecular weight excluding hydrogens is 252 g/mol. The number of hydrogen-bond acceptors (Lipinski definition) is 3. The van der Waals surface area contributed by atoms with E-state index in [9.17, 15) is 4.79 Å². The first-order valence-corrected chi connectivity index (χ1v) is 6.99. The first-order chi connectivity index (χ1) is 9.63. The van der Waals surface area contributed by atoms with E-state index in [4.69, 9.17) is 4.52 Å². The Hall–Kier alpha value is -2.10. The van der Waals surface area contributed by atoms with Crippen LogP contribution in [0.1, 0.15) is 40.5 Å². The van der Waals surface area contributed by atoms with Gasteiger partial charge in [0.05, 0.1) is 5.69 Å². The molecule has 1 aromatic carbocycles.